The van der Waals surface area contributed by atoms with Gasteiger partial charge in [0.05, 0.1) is 24.3 Å². The summed E-state index contributed by atoms with van der Waals surface area (Å²) >= 11 is 0. The highest BCUT2D eigenvalue weighted by atomic mass is 16.5. The Morgan fingerprint density at radius 3 is 2.59 bits per heavy atom. The van der Waals surface area contributed by atoms with Crippen molar-refractivity contribution in [1.29, 1.82) is 5.41 Å². The number of nitrogens with two attached hydrogens (primary N) is 2. The van der Waals surface area contributed by atoms with Crippen molar-refractivity contribution in [3.05, 3.63) is 53.6 Å². The van der Waals surface area contributed by atoms with Crippen LogP contribution in [0.5, 0.6) is 0 Å². The molecule has 2 aliphatic carbocycles. The average molecular weight is 437 g/mol. The molecule has 3 atom stereocenters. The molecule has 1 fully saturated rings. The minimum atomic E-state index is -0.422. The van der Waals surface area contributed by atoms with E-state index in [4.69, 9.17) is 21.6 Å². The molecule has 0 aliphatic heterocycles. The van der Waals surface area contributed by atoms with Gasteiger partial charge in [-0.2, -0.15) is 0 Å². The molecule has 32 heavy (non-hydrogen) atoms. The van der Waals surface area contributed by atoms with Gasteiger partial charge in [-0.3, -0.25) is 15.1 Å². The number of amides is 1. The number of nitrogens with one attached hydrogen (secondary N) is 1. The highest BCUT2D eigenvalue weighted by Crippen LogP contribution is 2.58. The van der Waals surface area contributed by atoms with Gasteiger partial charge in [0.25, 0.3) is 0 Å². The maximum absolute atomic E-state index is 14.1. The SMILES string of the molecule is COC1C(C)CC2(Cc3ccc(N)cc3C2C(=O)N(Cc2ccncn2)C(=N)N)CC1C. The van der Waals surface area contributed by atoms with Crippen molar-refractivity contribution < 1.29 is 9.53 Å². The van der Waals surface area contributed by atoms with Crippen LogP contribution in [0.15, 0.2) is 36.8 Å². The molecular formula is C24H32N6O2. The first kappa shape index (κ1) is 22.2. The van der Waals surface area contributed by atoms with Crippen LogP contribution in [0.3, 0.4) is 0 Å². The average Bonchev–Trinajstić information content (AvgIpc) is 3.03. The largest absolute Gasteiger partial charge is 0.399 e. The van der Waals surface area contributed by atoms with Crippen molar-refractivity contribution in [2.24, 2.45) is 23.0 Å². The third kappa shape index (κ3) is 3.83. The summed E-state index contributed by atoms with van der Waals surface area (Å²) in [6, 6.07) is 7.59. The number of carbonyl (C=O) groups is 1. The van der Waals surface area contributed by atoms with Crippen LogP contribution in [0.2, 0.25) is 0 Å². The lowest BCUT2D eigenvalue weighted by molar-refractivity contribution is -0.136. The number of rotatable bonds is 4. The van der Waals surface area contributed by atoms with E-state index in [-0.39, 0.29) is 29.9 Å². The maximum Gasteiger partial charge on any atom is 0.237 e. The number of anilines is 1. The van der Waals surface area contributed by atoms with Gasteiger partial charge < -0.3 is 16.2 Å². The van der Waals surface area contributed by atoms with Gasteiger partial charge in [-0.05, 0) is 65.8 Å². The number of hydrogen-bond acceptors (Lipinski definition) is 6. The Hall–Kier alpha value is -3.00. The van der Waals surface area contributed by atoms with Crippen LogP contribution in [-0.2, 0) is 22.5 Å². The van der Waals surface area contributed by atoms with Crippen molar-refractivity contribution in [3.8, 4) is 0 Å². The molecule has 5 N–H and O–H groups in total. The van der Waals surface area contributed by atoms with Gasteiger partial charge >= 0.3 is 0 Å². The second kappa shape index (κ2) is 8.50. The first-order chi connectivity index (χ1) is 15.3. The number of fused-ring (bicyclic) bond motifs is 1. The summed E-state index contributed by atoms with van der Waals surface area (Å²) < 4.78 is 5.79. The maximum atomic E-state index is 14.1. The molecule has 0 bridgehead atoms. The number of carbonyl (C=O) groups excluding carboxylic acids is 1. The van der Waals surface area contributed by atoms with Crippen molar-refractivity contribution in [3.63, 3.8) is 0 Å². The van der Waals surface area contributed by atoms with E-state index in [0.29, 0.717) is 23.2 Å². The van der Waals surface area contributed by atoms with Crippen LogP contribution < -0.4 is 11.5 Å². The predicted octanol–water partition coefficient (Wildman–Crippen LogP) is 2.69. The molecule has 1 saturated carbocycles. The first-order valence-electron chi connectivity index (χ1n) is 11.1. The predicted molar refractivity (Wildman–Crippen MR) is 123 cm³/mol. The number of methoxy groups -OCH3 is 1. The molecule has 1 heterocycles. The van der Waals surface area contributed by atoms with Crippen LogP contribution in [0.25, 0.3) is 0 Å². The van der Waals surface area contributed by atoms with Gasteiger partial charge in [0, 0.05) is 19.0 Å². The molecule has 0 saturated heterocycles. The highest BCUT2D eigenvalue weighted by molar-refractivity contribution is 5.99. The molecule has 3 unspecified atom stereocenters. The van der Waals surface area contributed by atoms with E-state index in [1.165, 1.54) is 11.2 Å². The highest BCUT2D eigenvalue weighted by Gasteiger charge is 2.55. The molecule has 1 spiro atoms. The minimum absolute atomic E-state index is 0.132. The zero-order chi connectivity index (χ0) is 23.0. The molecule has 0 radical (unpaired) electrons. The number of guanidine groups is 1. The summed E-state index contributed by atoms with van der Waals surface area (Å²) in [6.45, 7) is 4.54. The van der Waals surface area contributed by atoms with E-state index in [1.807, 2.05) is 18.2 Å². The lowest BCUT2D eigenvalue weighted by atomic mass is 9.59. The second-order valence-corrected chi connectivity index (χ2v) is 9.50. The number of ether oxygens (including phenoxy) is 1. The van der Waals surface area contributed by atoms with E-state index < -0.39 is 5.92 Å². The van der Waals surface area contributed by atoms with Gasteiger partial charge in [0.2, 0.25) is 5.91 Å². The third-order valence-electron chi connectivity index (χ3n) is 7.25. The van der Waals surface area contributed by atoms with Crippen molar-refractivity contribution in [1.82, 2.24) is 14.9 Å². The summed E-state index contributed by atoms with van der Waals surface area (Å²) in [5.74, 6) is -0.269. The molecule has 170 valence electrons. The fraction of sp³-hybridized carbons (Fsp3) is 0.500. The van der Waals surface area contributed by atoms with Crippen molar-refractivity contribution >= 4 is 17.6 Å². The molecule has 1 aromatic carbocycles. The van der Waals surface area contributed by atoms with Crippen LogP contribution in [-0.4, -0.2) is 39.9 Å². The monoisotopic (exact) mass is 436 g/mol. The number of aromatic nitrogens is 2. The summed E-state index contributed by atoms with van der Waals surface area (Å²) in [5.41, 5.74) is 15.2. The Kier molecular flexibility index (Phi) is 5.90. The number of hydrogen-bond donors (Lipinski definition) is 3. The Balaban J connectivity index is 1.76. The number of nitrogens with zero attached hydrogens (tertiary/aromatic N) is 3. The summed E-state index contributed by atoms with van der Waals surface area (Å²) in [5, 5.41) is 8.16. The van der Waals surface area contributed by atoms with Crippen molar-refractivity contribution in [2.75, 3.05) is 12.8 Å². The second-order valence-electron chi connectivity index (χ2n) is 9.50. The lowest BCUT2D eigenvalue weighted by Crippen LogP contribution is -2.50. The molecule has 2 aliphatic rings. The smallest absolute Gasteiger partial charge is 0.237 e. The van der Waals surface area contributed by atoms with E-state index in [2.05, 4.69) is 23.8 Å². The Morgan fingerprint density at radius 2 is 2.00 bits per heavy atom. The van der Waals surface area contributed by atoms with E-state index in [9.17, 15) is 4.79 Å². The fourth-order valence-corrected chi connectivity index (χ4v) is 6.26. The Morgan fingerprint density at radius 1 is 1.28 bits per heavy atom. The van der Waals surface area contributed by atoms with Gasteiger partial charge in [0.1, 0.15) is 6.33 Å². The van der Waals surface area contributed by atoms with Crippen LogP contribution in [0.1, 0.15) is 49.4 Å². The number of benzene rings is 1. The third-order valence-corrected chi connectivity index (χ3v) is 7.25. The van der Waals surface area contributed by atoms with Gasteiger partial charge in [0.15, 0.2) is 5.96 Å². The molecule has 8 heteroatoms. The standard InChI is InChI=1S/C24H32N6O2/c1-14-9-24(10-15(2)21(14)32-3)11-16-4-5-17(25)8-19(16)20(24)22(31)30(23(26)27)12-18-6-7-28-13-29-18/h4-8,13-15,20-21H,9-12,25H2,1-3H3,(H3,26,27). The van der Waals surface area contributed by atoms with Gasteiger partial charge in [-0.25, -0.2) is 9.97 Å². The molecule has 2 aromatic rings. The molecular weight excluding hydrogens is 404 g/mol. The Bertz CT molecular complexity index is 999. The van der Waals surface area contributed by atoms with E-state index >= 15 is 0 Å². The van der Waals surface area contributed by atoms with Crippen LogP contribution >= 0.6 is 0 Å². The van der Waals surface area contributed by atoms with Crippen LogP contribution in [0, 0.1) is 22.7 Å². The number of nitrogen functional groups attached to an aromatic ring is 1. The fourth-order valence-electron chi connectivity index (χ4n) is 6.26. The summed E-state index contributed by atoms with van der Waals surface area (Å²) in [7, 11) is 1.77. The zero-order valence-electron chi connectivity index (χ0n) is 18.9. The Labute approximate surface area is 188 Å². The summed E-state index contributed by atoms with van der Waals surface area (Å²) in [6.07, 6.45) is 5.74. The topological polar surface area (TPSA) is 131 Å². The summed E-state index contributed by atoms with van der Waals surface area (Å²) in [4.78, 5) is 23.6. The van der Waals surface area contributed by atoms with Gasteiger partial charge in [-0.1, -0.05) is 19.9 Å². The first-order valence-corrected chi connectivity index (χ1v) is 11.1. The quantitative estimate of drug-likeness (QED) is 0.384. The van der Waals surface area contributed by atoms with Crippen LogP contribution in [0.4, 0.5) is 5.69 Å². The minimum Gasteiger partial charge on any atom is -0.399 e. The molecule has 4 rings (SSSR count). The molecule has 1 amide bonds. The van der Waals surface area contributed by atoms with Gasteiger partial charge in [-0.15, -0.1) is 0 Å². The zero-order valence-corrected chi connectivity index (χ0v) is 18.9. The van der Waals surface area contributed by atoms with Crippen molar-refractivity contribution in [2.45, 2.75) is 51.7 Å². The normalized spacial score (nSPS) is 29.0. The molecule has 8 nitrogen and oxygen atoms in total. The van der Waals surface area contributed by atoms with E-state index in [0.717, 1.165) is 30.4 Å². The van der Waals surface area contributed by atoms with E-state index in [1.54, 1.807) is 19.4 Å². The molecule has 1 aromatic heterocycles. The lowest BCUT2D eigenvalue weighted by Gasteiger charge is -2.48.